The molecular formula is C14H14N2O4S2. The molecule has 0 atom stereocenters. The van der Waals surface area contributed by atoms with Gasteiger partial charge in [0.15, 0.2) is 0 Å². The van der Waals surface area contributed by atoms with Gasteiger partial charge >= 0.3 is 0 Å². The average Bonchev–Trinajstić information content (AvgIpc) is 2.47. The Bertz CT molecular complexity index is 791. The van der Waals surface area contributed by atoms with Gasteiger partial charge < -0.3 is 0 Å². The summed E-state index contributed by atoms with van der Waals surface area (Å²) in [5, 5.41) is 10.7. The molecule has 0 amide bonds. The number of benzene rings is 2. The number of anilines is 1. The molecule has 0 fully saturated rings. The molecule has 2 aromatic carbocycles. The summed E-state index contributed by atoms with van der Waals surface area (Å²) >= 11 is 1.43. The molecule has 116 valence electrons. The molecule has 2 rings (SSSR count). The minimum absolute atomic E-state index is 0.128. The Morgan fingerprint density at radius 3 is 2.59 bits per heavy atom. The summed E-state index contributed by atoms with van der Waals surface area (Å²) in [6.07, 6.45) is 1.85. The number of sulfonamides is 1. The van der Waals surface area contributed by atoms with E-state index in [-0.39, 0.29) is 11.4 Å². The molecule has 0 bridgehead atoms. The van der Waals surface area contributed by atoms with Crippen molar-refractivity contribution in [1.82, 2.24) is 0 Å². The van der Waals surface area contributed by atoms with Gasteiger partial charge in [-0.25, -0.2) is 8.42 Å². The number of nitro groups is 1. The summed E-state index contributed by atoms with van der Waals surface area (Å²) in [5.41, 5.74) is 0.737. The van der Waals surface area contributed by atoms with E-state index in [2.05, 4.69) is 4.72 Å². The third-order valence-electron chi connectivity index (χ3n) is 2.85. The molecule has 0 aliphatic heterocycles. The Kier molecular flexibility index (Phi) is 5.04. The molecule has 0 saturated carbocycles. The van der Waals surface area contributed by atoms with Crippen molar-refractivity contribution in [2.45, 2.75) is 10.6 Å². The van der Waals surface area contributed by atoms with Crippen LogP contribution in [0.1, 0.15) is 5.56 Å². The fourth-order valence-corrected chi connectivity index (χ4v) is 3.73. The van der Waals surface area contributed by atoms with Crippen LogP contribution < -0.4 is 4.72 Å². The highest BCUT2D eigenvalue weighted by Gasteiger charge is 2.15. The van der Waals surface area contributed by atoms with Crippen LogP contribution in [0.3, 0.4) is 0 Å². The third kappa shape index (κ3) is 4.22. The van der Waals surface area contributed by atoms with E-state index in [0.717, 1.165) is 4.90 Å². The van der Waals surface area contributed by atoms with Crippen molar-refractivity contribution in [3.8, 4) is 0 Å². The van der Waals surface area contributed by atoms with Gasteiger partial charge in [0.05, 0.1) is 16.4 Å². The number of nitro benzene ring substituents is 1. The van der Waals surface area contributed by atoms with Gasteiger partial charge in [-0.1, -0.05) is 24.3 Å². The standard InChI is InChI=1S/C14H14N2O4S2/c1-21-14-8-3-2-7-13(14)15-22(19,20)10-11-5-4-6-12(9-11)16(17)18/h2-9,15H,10H2,1H3. The van der Waals surface area contributed by atoms with Crippen molar-refractivity contribution in [3.05, 3.63) is 64.2 Å². The van der Waals surface area contributed by atoms with Crippen LogP contribution in [0.4, 0.5) is 11.4 Å². The van der Waals surface area contributed by atoms with Crippen LogP contribution in [0.5, 0.6) is 0 Å². The molecule has 0 radical (unpaired) electrons. The van der Waals surface area contributed by atoms with E-state index in [0.29, 0.717) is 11.3 Å². The number of nitrogens with zero attached hydrogens (tertiary/aromatic N) is 1. The first-order valence-electron chi connectivity index (χ1n) is 6.28. The predicted octanol–water partition coefficient (Wildman–Crippen LogP) is 3.26. The topological polar surface area (TPSA) is 89.3 Å². The lowest BCUT2D eigenvalue weighted by atomic mass is 10.2. The van der Waals surface area contributed by atoms with Crippen LogP contribution in [0, 0.1) is 10.1 Å². The zero-order valence-electron chi connectivity index (χ0n) is 11.7. The predicted molar refractivity (Wildman–Crippen MR) is 87.6 cm³/mol. The maximum absolute atomic E-state index is 12.2. The van der Waals surface area contributed by atoms with Crippen molar-refractivity contribution in [2.24, 2.45) is 0 Å². The van der Waals surface area contributed by atoms with Crippen molar-refractivity contribution in [2.75, 3.05) is 11.0 Å². The normalized spacial score (nSPS) is 11.1. The maximum atomic E-state index is 12.2. The number of hydrogen-bond acceptors (Lipinski definition) is 5. The summed E-state index contributed by atoms with van der Waals surface area (Å²) in [6, 6.07) is 12.7. The summed E-state index contributed by atoms with van der Waals surface area (Å²) in [6.45, 7) is 0. The largest absolute Gasteiger partial charge is 0.282 e. The molecule has 0 aromatic heterocycles. The second-order valence-corrected chi connectivity index (χ2v) is 7.06. The SMILES string of the molecule is CSc1ccccc1NS(=O)(=O)Cc1cccc([N+](=O)[O-])c1. The number of hydrogen-bond donors (Lipinski definition) is 1. The molecule has 2 aromatic rings. The van der Waals surface area contributed by atoms with Crippen LogP contribution in [-0.4, -0.2) is 19.6 Å². The van der Waals surface area contributed by atoms with E-state index in [1.165, 1.54) is 30.0 Å². The molecule has 1 N–H and O–H groups in total. The minimum Gasteiger partial charge on any atom is -0.282 e. The van der Waals surface area contributed by atoms with Crippen molar-refractivity contribution >= 4 is 33.2 Å². The Morgan fingerprint density at radius 2 is 1.91 bits per heavy atom. The Hall–Kier alpha value is -2.06. The quantitative estimate of drug-likeness (QED) is 0.496. The van der Waals surface area contributed by atoms with Crippen LogP contribution in [0.2, 0.25) is 0 Å². The van der Waals surface area contributed by atoms with Gasteiger partial charge in [-0.15, -0.1) is 11.8 Å². The van der Waals surface area contributed by atoms with Crippen molar-refractivity contribution in [1.29, 1.82) is 0 Å². The van der Waals surface area contributed by atoms with Gasteiger partial charge in [-0.3, -0.25) is 14.8 Å². The summed E-state index contributed by atoms with van der Waals surface area (Å²) in [5.74, 6) is -0.322. The van der Waals surface area contributed by atoms with Crippen LogP contribution in [0.15, 0.2) is 53.4 Å². The minimum atomic E-state index is -3.65. The first kappa shape index (κ1) is 16.3. The highest BCUT2D eigenvalue weighted by atomic mass is 32.2. The first-order chi connectivity index (χ1) is 10.4. The second kappa shape index (κ2) is 6.80. The van der Waals surface area contributed by atoms with Gasteiger partial charge in [-0.2, -0.15) is 0 Å². The van der Waals surface area contributed by atoms with Gasteiger partial charge in [0.25, 0.3) is 5.69 Å². The fraction of sp³-hybridized carbons (Fsp3) is 0.143. The Labute approximate surface area is 132 Å². The summed E-state index contributed by atoms with van der Waals surface area (Å²) in [4.78, 5) is 11.0. The lowest BCUT2D eigenvalue weighted by Gasteiger charge is -2.11. The zero-order valence-corrected chi connectivity index (χ0v) is 13.4. The van der Waals surface area contributed by atoms with Crippen LogP contribution in [0.25, 0.3) is 0 Å². The number of thioether (sulfide) groups is 1. The Morgan fingerprint density at radius 1 is 1.18 bits per heavy atom. The monoisotopic (exact) mass is 338 g/mol. The van der Waals surface area contributed by atoms with E-state index < -0.39 is 14.9 Å². The highest BCUT2D eigenvalue weighted by molar-refractivity contribution is 7.99. The van der Waals surface area contributed by atoms with E-state index >= 15 is 0 Å². The smallest absolute Gasteiger partial charge is 0.269 e. The van der Waals surface area contributed by atoms with Gasteiger partial charge in [-0.05, 0) is 24.0 Å². The van der Waals surface area contributed by atoms with Crippen LogP contribution >= 0.6 is 11.8 Å². The first-order valence-corrected chi connectivity index (χ1v) is 9.16. The van der Waals surface area contributed by atoms with Crippen molar-refractivity contribution < 1.29 is 13.3 Å². The van der Waals surface area contributed by atoms with E-state index in [9.17, 15) is 18.5 Å². The number of non-ortho nitro benzene ring substituents is 1. The molecule has 0 aliphatic rings. The fourth-order valence-electron chi connectivity index (χ4n) is 1.91. The lowest BCUT2D eigenvalue weighted by molar-refractivity contribution is -0.384. The molecule has 22 heavy (non-hydrogen) atoms. The molecule has 8 heteroatoms. The number of rotatable bonds is 6. The molecule has 0 unspecified atom stereocenters. The van der Waals surface area contributed by atoms with Gasteiger partial charge in [0, 0.05) is 17.0 Å². The third-order valence-corrected chi connectivity index (χ3v) is 4.89. The molecule has 0 spiro atoms. The summed E-state index contributed by atoms with van der Waals surface area (Å²) in [7, 11) is -3.65. The Balaban J connectivity index is 2.21. The summed E-state index contributed by atoms with van der Waals surface area (Å²) < 4.78 is 27.0. The molecule has 6 nitrogen and oxygen atoms in total. The van der Waals surface area contributed by atoms with Crippen molar-refractivity contribution in [3.63, 3.8) is 0 Å². The van der Waals surface area contributed by atoms with E-state index in [1.807, 2.05) is 18.4 Å². The molecular weight excluding hydrogens is 324 g/mol. The maximum Gasteiger partial charge on any atom is 0.269 e. The zero-order chi connectivity index (χ0) is 16.2. The van der Waals surface area contributed by atoms with E-state index in [4.69, 9.17) is 0 Å². The van der Waals surface area contributed by atoms with Gasteiger partial charge in [0.1, 0.15) is 0 Å². The van der Waals surface area contributed by atoms with Gasteiger partial charge in [0.2, 0.25) is 10.0 Å². The van der Waals surface area contributed by atoms with E-state index in [1.54, 1.807) is 18.2 Å². The average molecular weight is 338 g/mol. The molecule has 0 aliphatic carbocycles. The second-order valence-electron chi connectivity index (χ2n) is 4.49. The molecule has 0 saturated heterocycles. The highest BCUT2D eigenvalue weighted by Crippen LogP contribution is 2.26. The number of para-hydroxylation sites is 1. The van der Waals surface area contributed by atoms with Crippen LogP contribution in [-0.2, 0) is 15.8 Å². The number of nitrogens with one attached hydrogen (secondary N) is 1. The molecule has 0 heterocycles. The lowest BCUT2D eigenvalue weighted by Crippen LogP contribution is -2.15.